The van der Waals surface area contributed by atoms with Gasteiger partial charge in [-0.05, 0) is 45.5 Å². The van der Waals surface area contributed by atoms with Gasteiger partial charge in [0.15, 0.2) is 0 Å². The topological polar surface area (TPSA) is 20.2 Å². The van der Waals surface area contributed by atoms with E-state index in [4.69, 9.17) is 0 Å². The number of aliphatic hydroxyl groups is 1. The molecular formula is C18H14O. The summed E-state index contributed by atoms with van der Waals surface area (Å²) in [7, 11) is 0. The van der Waals surface area contributed by atoms with Crippen molar-refractivity contribution in [3.05, 3.63) is 82.9 Å². The zero-order valence-electron chi connectivity index (χ0n) is 10.5. The molecule has 0 spiro atoms. The highest BCUT2D eigenvalue weighted by Gasteiger charge is 2.23. The van der Waals surface area contributed by atoms with Gasteiger partial charge in [0.25, 0.3) is 0 Å². The number of aliphatic hydroxyl groups excluding tert-OH is 1. The van der Waals surface area contributed by atoms with Crippen LogP contribution < -0.4 is 0 Å². The molecule has 0 heterocycles. The Morgan fingerprint density at radius 2 is 1.42 bits per heavy atom. The summed E-state index contributed by atoms with van der Waals surface area (Å²) >= 11 is 0. The normalized spacial score (nSPS) is 17.0. The first-order valence-corrected chi connectivity index (χ1v) is 6.60. The monoisotopic (exact) mass is 246 g/mol. The second-order valence-corrected chi connectivity index (χ2v) is 5.18. The molecule has 0 saturated heterocycles. The summed E-state index contributed by atoms with van der Waals surface area (Å²) in [5, 5.41) is 13.0. The summed E-state index contributed by atoms with van der Waals surface area (Å²) in [5.41, 5.74) is 4.57. The van der Waals surface area contributed by atoms with Gasteiger partial charge in [-0.2, -0.15) is 0 Å². The Labute approximate surface area is 112 Å². The summed E-state index contributed by atoms with van der Waals surface area (Å²) in [5.74, 6) is 0. The second kappa shape index (κ2) is 3.94. The highest BCUT2D eigenvalue weighted by atomic mass is 16.3. The van der Waals surface area contributed by atoms with Crippen molar-refractivity contribution in [2.45, 2.75) is 12.5 Å². The Balaban J connectivity index is 1.98. The average molecular weight is 246 g/mol. The van der Waals surface area contributed by atoms with E-state index < -0.39 is 6.10 Å². The largest absolute Gasteiger partial charge is 0.384 e. The van der Waals surface area contributed by atoms with Crippen LogP contribution in [0.15, 0.2) is 60.7 Å². The number of benzene rings is 3. The molecule has 0 aromatic heterocycles. The lowest BCUT2D eigenvalue weighted by atomic mass is 9.83. The molecule has 0 aliphatic heterocycles. The fraction of sp³-hybridized carbons (Fsp3) is 0.111. The van der Waals surface area contributed by atoms with Crippen molar-refractivity contribution in [3.8, 4) is 0 Å². The quantitative estimate of drug-likeness (QED) is 0.639. The summed E-state index contributed by atoms with van der Waals surface area (Å²) in [6.07, 6.45) is 0.414. The number of hydrogen-bond acceptors (Lipinski definition) is 1. The molecule has 1 atom stereocenters. The van der Waals surface area contributed by atoms with E-state index in [1.807, 2.05) is 24.3 Å². The van der Waals surface area contributed by atoms with E-state index in [1.54, 1.807) is 0 Å². The van der Waals surface area contributed by atoms with Crippen LogP contribution in [-0.2, 0) is 6.42 Å². The highest BCUT2D eigenvalue weighted by Crippen LogP contribution is 2.36. The molecule has 92 valence electrons. The molecule has 0 saturated carbocycles. The predicted octanol–water partition coefficient (Wildman–Crippen LogP) is 3.83. The van der Waals surface area contributed by atoms with E-state index in [-0.39, 0.29) is 0 Å². The van der Waals surface area contributed by atoms with Gasteiger partial charge in [-0.25, -0.2) is 0 Å². The lowest BCUT2D eigenvalue weighted by molar-refractivity contribution is 0.215. The number of fused-ring (bicyclic) bond motifs is 3. The molecular weight excluding hydrogens is 232 g/mol. The fourth-order valence-corrected chi connectivity index (χ4v) is 3.05. The van der Waals surface area contributed by atoms with E-state index in [9.17, 15) is 5.11 Å². The summed E-state index contributed by atoms with van der Waals surface area (Å²) in [6.45, 7) is 0. The zero-order chi connectivity index (χ0) is 12.8. The highest BCUT2D eigenvalue weighted by molar-refractivity contribution is 5.84. The van der Waals surface area contributed by atoms with E-state index in [1.165, 1.54) is 21.9 Å². The van der Waals surface area contributed by atoms with Gasteiger partial charge in [-0.1, -0.05) is 54.6 Å². The lowest BCUT2D eigenvalue weighted by Gasteiger charge is -2.25. The maximum Gasteiger partial charge on any atom is 0.105 e. The Morgan fingerprint density at radius 3 is 2.26 bits per heavy atom. The van der Waals surface area contributed by atoms with Crippen molar-refractivity contribution in [2.75, 3.05) is 0 Å². The number of hydrogen-bond donors (Lipinski definition) is 1. The summed E-state index contributed by atoms with van der Waals surface area (Å²) < 4.78 is 0. The van der Waals surface area contributed by atoms with E-state index in [0.29, 0.717) is 0 Å². The van der Waals surface area contributed by atoms with Gasteiger partial charge in [0.05, 0.1) is 0 Å². The van der Waals surface area contributed by atoms with Gasteiger partial charge in [-0.15, -0.1) is 0 Å². The van der Waals surface area contributed by atoms with Crippen LogP contribution in [0.25, 0.3) is 10.8 Å². The fourth-order valence-electron chi connectivity index (χ4n) is 3.05. The molecule has 19 heavy (non-hydrogen) atoms. The summed E-state index contributed by atoms with van der Waals surface area (Å²) in [6, 6.07) is 20.8. The van der Waals surface area contributed by atoms with Crippen LogP contribution in [-0.4, -0.2) is 5.11 Å². The second-order valence-electron chi connectivity index (χ2n) is 5.18. The smallest absolute Gasteiger partial charge is 0.105 e. The molecule has 3 aromatic rings. The molecule has 0 amide bonds. The van der Waals surface area contributed by atoms with Gasteiger partial charge in [-0.3, -0.25) is 0 Å². The van der Waals surface area contributed by atoms with E-state index in [2.05, 4.69) is 36.4 Å². The van der Waals surface area contributed by atoms with Gasteiger partial charge in [0.1, 0.15) is 6.10 Å². The van der Waals surface area contributed by atoms with Crippen molar-refractivity contribution < 1.29 is 5.11 Å². The minimum atomic E-state index is -0.496. The number of rotatable bonds is 0. The van der Waals surface area contributed by atoms with Crippen molar-refractivity contribution >= 4 is 10.8 Å². The third-order valence-electron chi connectivity index (χ3n) is 4.03. The van der Waals surface area contributed by atoms with Crippen LogP contribution in [0.5, 0.6) is 0 Å². The third-order valence-corrected chi connectivity index (χ3v) is 4.03. The SMILES string of the molecule is OC1c2ccccc2Cc2cc3ccccc3cc21. The van der Waals surface area contributed by atoms with E-state index >= 15 is 0 Å². The molecule has 1 unspecified atom stereocenters. The third kappa shape index (κ3) is 1.59. The van der Waals surface area contributed by atoms with Gasteiger partial charge in [0, 0.05) is 0 Å². The van der Waals surface area contributed by atoms with Crippen LogP contribution in [0.4, 0.5) is 0 Å². The Morgan fingerprint density at radius 1 is 0.737 bits per heavy atom. The first-order chi connectivity index (χ1) is 9.33. The van der Waals surface area contributed by atoms with Crippen molar-refractivity contribution in [1.82, 2.24) is 0 Å². The minimum absolute atomic E-state index is 0.496. The molecule has 1 heteroatoms. The molecule has 1 N–H and O–H groups in total. The molecule has 1 nitrogen and oxygen atoms in total. The summed E-state index contributed by atoms with van der Waals surface area (Å²) in [4.78, 5) is 0. The predicted molar refractivity (Wildman–Crippen MR) is 77.3 cm³/mol. The maximum atomic E-state index is 10.6. The molecule has 0 radical (unpaired) electrons. The first-order valence-electron chi connectivity index (χ1n) is 6.60. The van der Waals surface area contributed by atoms with Crippen LogP contribution in [0.3, 0.4) is 0 Å². The average Bonchev–Trinajstić information content (AvgIpc) is 2.46. The lowest BCUT2D eigenvalue weighted by Crippen LogP contribution is -2.13. The van der Waals surface area contributed by atoms with Gasteiger partial charge >= 0.3 is 0 Å². The zero-order valence-corrected chi connectivity index (χ0v) is 10.5. The van der Waals surface area contributed by atoms with Crippen molar-refractivity contribution in [1.29, 1.82) is 0 Å². The molecule has 1 aliphatic rings. The van der Waals surface area contributed by atoms with Crippen LogP contribution in [0.2, 0.25) is 0 Å². The molecule has 3 aromatic carbocycles. The molecule has 0 fully saturated rings. The Kier molecular flexibility index (Phi) is 2.23. The Hall–Kier alpha value is -2.12. The molecule has 0 bridgehead atoms. The first kappa shape index (κ1) is 10.8. The van der Waals surface area contributed by atoms with Gasteiger partial charge in [0.2, 0.25) is 0 Å². The van der Waals surface area contributed by atoms with Crippen molar-refractivity contribution in [2.24, 2.45) is 0 Å². The van der Waals surface area contributed by atoms with Gasteiger partial charge < -0.3 is 5.11 Å². The molecule has 4 rings (SSSR count). The van der Waals surface area contributed by atoms with Crippen molar-refractivity contribution in [3.63, 3.8) is 0 Å². The van der Waals surface area contributed by atoms with Crippen LogP contribution >= 0.6 is 0 Å². The molecule has 1 aliphatic carbocycles. The Bertz CT molecular complexity index is 773. The minimum Gasteiger partial charge on any atom is -0.384 e. The maximum absolute atomic E-state index is 10.6. The standard InChI is InChI=1S/C18H14O/c19-18-16-8-4-3-7-14(16)10-15-9-12-5-1-2-6-13(12)11-17(15)18/h1-9,11,18-19H,10H2. The van der Waals surface area contributed by atoms with Crippen LogP contribution in [0, 0.1) is 0 Å². The van der Waals surface area contributed by atoms with Crippen LogP contribution in [0.1, 0.15) is 28.4 Å². The van der Waals surface area contributed by atoms with E-state index in [0.717, 1.165) is 17.5 Å².